The molecule has 23 heavy (non-hydrogen) atoms. The van der Waals surface area contributed by atoms with Crippen molar-refractivity contribution in [1.82, 2.24) is 25.3 Å². The first-order valence-corrected chi connectivity index (χ1v) is 8.43. The van der Waals surface area contributed by atoms with E-state index in [4.69, 9.17) is 4.74 Å². The monoisotopic (exact) mass is 321 g/mol. The van der Waals surface area contributed by atoms with E-state index in [-0.39, 0.29) is 12.1 Å². The van der Waals surface area contributed by atoms with Crippen molar-refractivity contribution in [3.05, 3.63) is 17.5 Å². The molecular formula is C16H27N5O2. The van der Waals surface area contributed by atoms with Gasteiger partial charge in [-0.25, -0.2) is 4.79 Å². The van der Waals surface area contributed by atoms with Crippen molar-refractivity contribution in [3.8, 4) is 0 Å². The van der Waals surface area contributed by atoms with E-state index >= 15 is 0 Å². The number of rotatable bonds is 6. The number of morpholine rings is 1. The molecule has 0 bridgehead atoms. The molecule has 2 fully saturated rings. The van der Waals surface area contributed by atoms with Crippen LogP contribution in [0.5, 0.6) is 0 Å². The van der Waals surface area contributed by atoms with Crippen LogP contribution >= 0.6 is 0 Å². The Bertz CT molecular complexity index is 528. The van der Waals surface area contributed by atoms with Crippen molar-refractivity contribution in [2.24, 2.45) is 5.92 Å². The van der Waals surface area contributed by atoms with Gasteiger partial charge in [0.2, 0.25) is 0 Å². The quantitative estimate of drug-likeness (QED) is 0.819. The fourth-order valence-electron chi connectivity index (χ4n) is 2.91. The summed E-state index contributed by atoms with van der Waals surface area (Å²) in [5, 5.41) is 9.90. The third kappa shape index (κ3) is 4.68. The molecule has 128 valence electrons. The molecule has 0 radical (unpaired) electrons. The number of likely N-dealkylation sites (N-methyl/N-ethyl adjacent to an activating group) is 1. The van der Waals surface area contributed by atoms with Gasteiger partial charge in [0.15, 0.2) is 0 Å². The number of carbonyl (C=O) groups is 1. The summed E-state index contributed by atoms with van der Waals surface area (Å²) in [6, 6.07) is -0.00525. The SMILES string of the molecule is Cc1[nH]ncc1CNC(=O)N(CC1CC1)CC1CN(C)CCO1. The highest BCUT2D eigenvalue weighted by Gasteiger charge is 2.29. The van der Waals surface area contributed by atoms with Gasteiger partial charge in [-0.3, -0.25) is 5.10 Å². The lowest BCUT2D eigenvalue weighted by Crippen LogP contribution is -2.50. The maximum absolute atomic E-state index is 12.6. The molecule has 3 rings (SSSR count). The molecule has 1 aromatic heterocycles. The average Bonchev–Trinajstić information content (AvgIpc) is 3.25. The summed E-state index contributed by atoms with van der Waals surface area (Å²) in [7, 11) is 2.10. The van der Waals surface area contributed by atoms with Crippen LogP contribution in [0, 0.1) is 12.8 Å². The van der Waals surface area contributed by atoms with Crippen molar-refractivity contribution in [3.63, 3.8) is 0 Å². The van der Waals surface area contributed by atoms with Crippen LogP contribution in [-0.2, 0) is 11.3 Å². The molecule has 2 aliphatic rings. The predicted octanol–water partition coefficient (Wildman–Crippen LogP) is 0.970. The molecule has 1 aromatic rings. The number of nitrogens with zero attached hydrogens (tertiary/aromatic N) is 3. The van der Waals surface area contributed by atoms with Gasteiger partial charge in [-0.1, -0.05) is 0 Å². The van der Waals surface area contributed by atoms with Crippen LogP contribution in [0.4, 0.5) is 4.79 Å². The number of carbonyl (C=O) groups excluding carboxylic acids is 1. The number of ether oxygens (including phenoxy) is 1. The minimum Gasteiger partial charge on any atom is -0.374 e. The van der Waals surface area contributed by atoms with E-state index in [2.05, 4.69) is 27.5 Å². The maximum atomic E-state index is 12.6. The van der Waals surface area contributed by atoms with Crippen molar-refractivity contribution >= 4 is 6.03 Å². The summed E-state index contributed by atoms with van der Waals surface area (Å²) in [6.07, 6.45) is 4.33. The molecule has 1 aliphatic carbocycles. The first-order chi connectivity index (χ1) is 11.1. The van der Waals surface area contributed by atoms with Gasteiger partial charge in [0.05, 0.1) is 18.9 Å². The lowest BCUT2D eigenvalue weighted by Gasteiger charge is -2.34. The zero-order valence-electron chi connectivity index (χ0n) is 14.0. The van der Waals surface area contributed by atoms with Crippen molar-refractivity contribution < 1.29 is 9.53 Å². The van der Waals surface area contributed by atoms with Gasteiger partial charge in [0.1, 0.15) is 0 Å². The van der Waals surface area contributed by atoms with Gasteiger partial charge in [0, 0.05) is 44.0 Å². The zero-order chi connectivity index (χ0) is 16.2. The Balaban J connectivity index is 1.54. The van der Waals surface area contributed by atoms with E-state index in [9.17, 15) is 4.79 Å². The average molecular weight is 321 g/mol. The Morgan fingerprint density at radius 1 is 1.52 bits per heavy atom. The predicted molar refractivity (Wildman–Crippen MR) is 87.1 cm³/mol. The van der Waals surface area contributed by atoms with Crippen LogP contribution in [0.3, 0.4) is 0 Å². The zero-order valence-corrected chi connectivity index (χ0v) is 14.0. The molecule has 7 nitrogen and oxygen atoms in total. The van der Waals surface area contributed by atoms with Gasteiger partial charge in [-0.2, -0.15) is 5.10 Å². The highest BCUT2D eigenvalue weighted by Crippen LogP contribution is 2.30. The van der Waals surface area contributed by atoms with E-state index < -0.39 is 0 Å². The first-order valence-electron chi connectivity index (χ1n) is 8.43. The first kappa shape index (κ1) is 16.3. The molecule has 1 saturated carbocycles. The van der Waals surface area contributed by atoms with Gasteiger partial charge in [-0.15, -0.1) is 0 Å². The third-order valence-corrected chi connectivity index (χ3v) is 4.59. The van der Waals surface area contributed by atoms with Gasteiger partial charge in [0.25, 0.3) is 0 Å². The number of H-pyrrole nitrogens is 1. The fourth-order valence-corrected chi connectivity index (χ4v) is 2.91. The lowest BCUT2D eigenvalue weighted by molar-refractivity contribution is -0.0308. The van der Waals surface area contributed by atoms with Crippen molar-refractivity contribution in [1.29, 1.82) is 0 Å². The fraction of sp³-hybridized carbons (Fsp3) is 0.750. The molecule has 7 heteroatoms. The second-order valence-corrected chi connectivity index (χ2v) is 6.78. The van der Waals surface area contributed by atoms with Crippen LogP contribution < -0.4 is 5.32 Å². The number of urea groups is 1. The summed E-state index contributed by atoms with van der Waals surface area (Å²) in [6.45, 7) is 6.56. The Morgan fingerprint density at radius 2 is 2.35 bits per heavy atom. The van der Waals surface area contributed by atoms with Gasteiger partial charge < -0.3 is 19.9 Å². The Kier molecular flexibility index (Phi) is 5.17. The summed E-state index contributed by atoms with van der Waals surface area (Å²) in [5.41, 5.74) is 2.02. The van der Waals surface area contributed by atoms with Crippen LogP contribution in [0.25, 0.3) is 0 Å². The molecular weight excluding hydrogens is 294 g/mol. The highest BCUT2D eigenvalue weighted by atomic mass is 16.5. The highest BCUT2D eigenvalue weighted by molar-refractivity contribution is 5.74. The Labute approximate surface area is 137 Å². The molecule has 0 spiro atoms. The van der Waals surface area contributed by atoms with E-state index in [1.165, 1.54) is 12.8 Å². The number of aromatic nitrogens is 2. The second-order valence-electron chi connectivity index (χ2n) is 6.78. The van der Waals surface area contributed by atoms with E-state index in [0.29, 0.717) is 19.0 Å². The molecule has 1 saturated heterocycles. The topological polar surface area (TPSA) is 73.5 Å². The van der Waals surface area contributed by atoms with Gasteiger partial charge >= 0.3 is 6.03 Å². The number of nitrogens with one attached hydrogen (secondary N) is 2. The summed E-state index contributed by atoms with van der Waals surface area (Å²) >= 11 is 0. The normalized spacial score (nSPS) is 22.1. The summed E-state index contributed by atoms with van der Waals surface area (Å²) < 4.78 is 5.82. The Morgan fingerprint density at radius 3 is 3.00 bits per heavy atom. The summed E-state index contributed by atoms with van der Waals surface area (Å²) in [5.74, 6) is 0.665. The van der Waals surface area contributed by atoms with Crippen LogP contribution in [-0.4, -0.2) is 72.0 Å². The largest absolute Gasteiger partial charge is 0.374 e. The van der Waals surface area contributed by atoms with E-state index in [1.807, 2.05) is 11.8 Å². The van der Waals surface area contributed by atoms with Crippen LogP contribution in [0.15, 0.2) is 6.20 Å². The van der Waals surface area contributed by atoms with Crippen molar-refractivity contribution in [2.75, 3.05) is 39.8 Å². The van der Waals surface area contributed by atoms with Crippen LogP contribution in [0.2, 0.25) is 0 Å². The second kappa shape index (κ2) is 7.31. The van der Waals surface area contributed by atoms with Crippen LogP contribution in [0.1, 0.15) is 24.1 Å². The number of hydrogen-bond donors (Lipinski definition) is 2. The molecule has 0 aromatic carbocycles. The minimum absolute atomic E-state index is 0.00525. The minimum atomic E-state index is -0.00525. The molecule has 2 N–H and O–H groups in total. The number of amides is 2. The molecule has 1 unspecified atom stereocenters. The lowest BCUT2D eigenvalue weighted by atomic mass is 10.2. The molecule has 2 amide bonds. The molecule has 2 heterocycles. The number of aromatic amines is 1. The smallest absolute Gasteiger partial charge is 0.317 e. The van der Waals surface area contributed by atoms with Gasteiger partial charge in [-0.05, 0) is 32.7 Å². The number of aryl methyl sites for hydroxylation is 1. The van der Waals surface area contributed by atoms with Crippen molar-refractivity contribution in [2.45, 2.75) is 32.4 Å². The number of hydrogen-bond acceptors (Lipinski definition) is 4. The Hall–Kier alpha value is -1.60. The molecule has 1 aliphatic heterocycles. The standard InChI is InChI=1S/C16H27N5O2/c1-12-14(8-18-19-12)7-17-16(22)21(9-13-3-4-13)11-15-10-20(2)5-6-23-15/h8,13,15H,3-7,9-11H2,1-2H3,(H,17,22)(H,18,19). The molecule has 1 atom stereocenters. The summed E-state index contributed by atoms with van der Waals surface area (Å²) in [4.78, 5) is 16.8. The third-order valence-electron chi connectivity index (χ3n) is 4.59. The maximum Gasteiger partial charge on any atom is 0.317 e. The van der Waals surface area contributed by atoms with E-state index in [0.717, 1.165) is 37.5 Å². The van der Waals surface area contributed by atoms with E-state index in [1.54, 1.807) is 6.20 Å².